The van der Waals surface area contributed by atoms with Crippen molar-refractivity contribution in [3.05, 3.63) is 54.2 Å². The molecule has 0 aliphatic rings. The van der Waals surface area contributed by atoms with Gasteiger partial charge in [0.15, 0.2) is 0 Å². The molecule has 134 valence electrons. The zero-order valence-electron chi connectivity index (χ0n) is 14.8. The predicted molar refractivity (Wildman–Crippen MR) is 100 cm³/mol. The second-order valence-corrected chi connectivity index (χ2v) is 6.83. The van der Waals surface area contributed by atoms with E-state index in [1.807, 2.05) is 12.1 Å². The van der Waals surface area contributed by atoms with Gasteiger partial charge in [0.2, 0.25) is 0 Å². The van der Waals surface area contributed by atoms with Crippen molar-refractivity contribution in [2.75, 3.05) is 10.6 Å². The molecule has 0 aliphatic carbocycles. The molecule has 2 amide bonds. The van der Waals surface area contributed by atoms with Crippen molar-refractivity contribution in [1.82, 2.24) is 10.2 Å². The topological polar surface area (TPSA) is 96.1 Å². The minimum Gasteiger partial charge on any atom is -0.444 e. The molecule has 1 heterocycles. The van der Waals surface area contributed by atoms with Gasteiger partial charge in [-0.15, -0.1) is 0 Å². The van der Waals surface area contributed by atoms with Crippen LogP contribution in [0.3, 0.4) is 0 Å². The highest BCUT2D eigenvalue weighted by atomic mass is 16.6. The lowest BCUT2D eigenvalue weighted by atomic mass is 10.1. The quantitative estimate of drug-likeness (QED) is 0.659. The number of aromatic nitrogens is 2. The number of anilines is 2. The normalized spacial score (nSPS) is 11.2. The molecule has 7 nitrogen and oxygen atoms in total. The van der Waals surface area contributed by atoms with Gasteiger partial charge >= 0.3 is 6.09 Å². The van der Waals surface area contributed by atoms with Gasteiger partial charge in [-0.25, -0.2) is 4.79 Å². The number of nitrogens with zero attached hydrogens (tertiary/aromatic N) is 1. The van der Waals surface area contributed by atoms with Crippen LogP contribution < -0.4 is 10.6 Å². The summed E-state index contributed by atoms with van der Waals surface area (Å²) < 4.78 is 5.21. The minimum absolute atomic E-state index is 0.277. The van der Waals surface area contributed by atoms with Crippen LogP contribution in [0.1, 0.15) is 31.1 Å². The molecule has 2 aromatic carbocycles. The van der Waals surface area contributed by atoms with Crippen molar-refractivity contribution in [3.8, 4) is 0 Å². The number of ether oxygens (including phenoxy) is 1. The van der Waals surface area contributed by atoms with Crippen molar-refractivity contribution in [1.29, 1.82) is 0 Å². The number of hydrogen-bond acceptors (Lipinski definition) is 4. The molecule has 0 radical (unpaired) electrons. The summed E-state index contributed by atoms with van der Waals surface area (Å²) in [6.07, 6.45) is 1.12. The number of amides is 2. The van der Waals surface area contributed by atoms with Gasteiger partial charge in [0.05, 0.1) is 11.7 Å². The Morgan fingerprint density at radius 2 is 1.81 bits per heavy atom. The first kappa shape index (κ1) is 17.5. The lowest BCUT2D eigenvalue weighted by molar-refractivity contribution is 0.0635. The van der Waals surface area contributed by atoms with E-state index in [2.05, 4.69) is 20.8 Å². The van der Waals surface area contributed by atoms with Gasteiger partial charge in [0.1, 0.15) is 5.60 Å². The van der Waals surface area contributed by atoms with Crippen LogP contribution in [0.15, 0.2) is 48.7 Å². The number of benzene rings is 2. The first-order valence-electron chi connectivity index (χ1n) is 8.15. The molecule has 3 aromatic rings. The molecule has 0 spiro atoms. The number of aromatic amines is 1. The maximum atomic E-state index is 12.5. The SMILES string of the molecule is CC(C)(C)OC(=O)Nc1cccc(C(=O)Nc2ccc3[nH]ncc3c2)c1. The van der Waals surface area contributed by atoms with Crippen LogP contribution in [0, 0.1) is 0 Å². The van der Waals surface area contributed by atoms with Crippen LogP contribution in [0.4, 0.5) is 16.2 Å². The van der Waals surface area contributed by atoms with E-state index in [1.165, 1.54) is 0 Å². The van der Waals surface area contributed by atoms with E-state index in [0.29, 0.717) is 16.9 Å². The van der Waals surface area contributed by atoms with E-state index in [-0.39, 0.29) is 5.91 Å². The Labute approximate surface area is 150 Å². The third-order valence-electron chi connectivity index (χ3n) is 3.47. The van der Waals surface area contributed by atoms with Crippen LogP contribution in [-0.4, -0.2) is 27.8 Å². The Kier molecular flexibility index (Phi) is 4.62. The van der Waals surface area contributed by atoms with Gasteiger partial charge in [-0.3, -0.25) is 15.2 Å². The maximum absolute atomic E-state index is 12.5. The molecular formula is C19H20N4O3. The summed E-state index contributed by atoms with van der Waals surface area (Å²) in [6, 6.07) is 12.1. The van der Waals surface area contributed by atoms with Gasteiger partial charge in [0.25, 0.3) is 5.91 Å². The molecule has 0 aliphatic heterocycles. The van der Waals surface area contributed by atoms with E-state index in [4.69, 9.17) is 4.74 Å². The van der Waals surface area contributed by atoms with Gasteiger partial charge in [-0.05, 0) is 57.2 Å². The number of rotatable bonds is 3. The molecule has 0 atom stereocenters. The van der Waals surface area contributed by atoms with Crippen molar-refractivity contribution in [2.24, 2.45) is 0 Å². The molecule has 3 N–H and O–H groups in total. The van der Waals surface area contributed by atoms with Crippen LogP contribution in [0.25, 0.3) is 10.9 Å². The molecule has 3 rings (SSSR count). The summed E-state index contributed by atoms with van der Waals surface area (Å²) >= 11 is 0. The summed E-state index contributed by atoms with van der Waals surface area (Å²) in [4.78, 5) is 24.3. The van der Waals surface area contributed by atoms with Gasteiger partial charge in [-0.2, -0.15) is 5.10 Å². The average Bonchev–Trinajstić information content (AvgIpc) is 3.01. The van der Waals surface area contributed by atoms with E-state index in [0.717, 1.165) is 10.9 Å². The number of carbonyl (C=O) groups excluding carboxylic acids is 2. The van der Waals surface area contributed by atoms with Gasteiger partial charge < -0.3 is 10.1 Å². The lowest BCUT2D eigenvalue weighted by Gasteiger charge is -2.19. The third-order valence-corrected chi connectivity index (χ3v) is 3.47. The number of fused-ring (bicyclic) bond motifs is 1. The summed E-state index contributed by atoms with van der Waals surface area (Å²) in [5.74, 6) is -0.277. The first-order valence-corrected chi connectivity index (χ1v) is 8.15. The molecule has 0 bridgehead atoms. The number of hydrogen-bond donors (Lipinski definition) is 3. The molecule has 1 aromatic heterocycles. The second-order valence-electron chi connectivity index (χ2n) is 6.83. The third kappa shape index (κ3) is 4.38. The van der Waals surface area contributed by atoms with Crippen molar-refractivity contribution >= 4 is 34.3 Å². The van der Waals surface area contributed by atoms with Gasteiger partial charge in [-0.1, -0.05) is 6.07 Å². The molecular weight excluding hydrogens is 332 g/mol. The van der Waals surface area contributed by atoms with Crippen molar-refractivity contribution in [2.45, 2.75) is 26.4 Å². The molecule has 7 heteroatoms. The highest BCUT2D eigenvalue weighted by molar-refractivity contribution is 6.06. The summed E-state index contributed by atoms with van der Waals surface area (Å²) in [5, 5.41) is 13.2. The number of H-pyrrole nitrogens is 1. The Balaban J connectivity index is 1.70. The van der Waals surface area contributed by atoms with Crippen molar-refractivity contribution in [3.63, 3.8) is 0 Å². The Morgan fingerprint density at radius 1 is 1.04 bits per heavy atom. The fraction of sp³-hybridized carbons (Fsp3) is 0.211. The van der Waals surface area contributed by atoms with E-state index < -0.39 is 11.7 Å². The highest BCUT2D eigenvalue weighted by Crippen LogP contribution is 2.19. The first-order chi connectivity index (χ1) is 12.3. The highest BCUT2D eigenvalue weighted by Gasteiger charge is 2.16. The van der Waals surface area contributed by atoms with Crippen molar-refractivity contribution < 1.29 is 14.3 Å². The van der Waals surface area contributed by atoms with E-state index in [9.17, 15) is 9.59 Å². The van der Waals surface area contributed by atoms with E-state index in [1.54, 1.807) is 57.3 Å². The largest absolute Gasteiger partial charge is 0.444 e. The summed E-state index contributed by atoms with van der Waals surface area (Å²) in [6.45, 7) is 5.36. The zero-order chi connectivity index (χ0) is 18.7. The average molecular weight is 352 g/mol. The van der Waals surface area contributed by atoms with Crippen LogP contribution in [0.2, 0.25) is 0 Å². The Bertz CT molecular complexity index is 957. The smallest absolute Gasteiger partial charge is 0.412 e. The molecule has 0 saturated heterocycles. The van der Waals surface area contributed by atoms with Gasteiger partial charge in [0, 0.05) is 22.3 Å². The lowest BCUT2D eigenvalue weighted by Crippen LogP contribution is -2.27. The summed E-state index contributed by atoms with van der Waals surface area (Å²) in [7, 11) is 0. The van der Waals surface area contributed by atoms with Crippen LogP contribution >= 0.6 is 0 Å². The van der Waals surface area contributed by atoms with E-state index >= 15 is 0 Å². The van der Waals surface area contributed by atoms with Crippen LogP contribution in [-0.2, 0) is 4.74 Å². The molecule has 0 unspecified atom stereocenters. The second kappa shape index (κ2) is 6.87. The number of nitrogens with one attached hydrogen (secondary N) is 3. The fourth-order valence-electron chi connectivity index (χ4n) is 2.38. The predicted octanol–water partition coefficient (Wildman–Crippen LogP) is 4.16. The summed E-state index contributed by atoms with van der Waals surface area (Å²) in [5.41, 5.74) is 1.87. The monoisotopic (exact) mass is 352 g/mol. The maximum Gasteiger partial charge on any atom is 0.412 e. The molecule has 26 heavy (non-hydrogen) atoms. The number of carbonyl (C=O) groups is 2. The minimum atomic E-state index is -0.592. The zero-order valence-corrected chi connectivity index (χ0v) is 14.8. The fourth-order valence-corrected chi connectivity index (χ4v) is 2.38. The standard InChI is InChI=1S/C19H20N4O3/c1-19(2,3)26-18(25)22-14-6-4-5-12(9-14)17(24)21-15-7-8-16-13(10-15)11-20-23-16/h4-11H,1-3H3,(H,20,23)(H,21,24)(H,22,25). The van der Waals surface area contributed by atoms with Crippen LogP contribution in [0.5, 0.6) is 0 Å². The Morgan fingerprint density at radius 3 is 2.58 bits per heavy atom. The molecule has 0 fully saturated rings. The Hall–Kier alpha value is -3.35. The molecule has 0 saturated carbocycles.